The fourth-order valence-electron chi connectivity index (χ4n) is 2.96. The normalized spacial score (nSPS) is 14.4. The zero-order chi connectivity index (χ0) is 19.1. The number of nitrogens with one attached hydrogen (secondary N) is 2. The Labute approximate surface area is 167 Å². The Morgan fingerprint density at radius 3 is 2.26 bits per heavy atom. The summed E-state index contributed by atoms with van der Waals surface area (Å²) in [6.07, 6.45) is 5.22. The van der Waals surface area contributed by atoms with E-state index >= 15 is 0 Å². The van der Waals surface area contributed by atoms with Crippen LogP contribution in [0.2, 0.25) is 0 Å². The first-order valence-corrected chi connectivity index (χ1v) is 9.74. The van der Waals surface area contributed by atoms with E-state index in [0.29, 0.717) is 5.69 Å². The summed E-state index contributed by atoms with van der Waals surface area (Å²) in [6, 6.07) is 17.2. The third-order valence-electron chi connectivity index (χ3n) is 4.44. The molecule has 1 fully saturated rings. The SMILES string of the molecule is N#C/C(=C/Nc1ccc(N2CCCCC2)cc1)C(=O)Nc1ccc(Br)cc1. The average Bonchev–Trinajstić information content (AvgIpc) is 2.71. The molecule has 2 aromatic carbocycles. The quantitative estimate of drug-likeness (QED) is 0.528. The van der Waals surface area contributed by atoms with Gasteiger partial charge in [-0.3, -0.25) is 4.79 Å². The van der Waals surface area contributed by atoms with Crippen molar-refractivity contribution in [2.24, 2.45) is 0 Å². The van der Waals surface area contributed by atoms with Crippen molar-refractivity contribution in [3.63, 3.8) is 0 Å². The van der Waals surface area contributed by atoms with Gasteiger partial charge in [-0.2, -0.15) is 5.26 Å². The van der Waals surface area contributed by atoms with E-state index in [0.717, 1.165) is 23.2 Å². The Kier molecular flexibility index (Phi) is 6.50. The van der Waals surface area contributed by atoms with E-state index < -0.39 is 5.91 Å². The van der Waals surface area contributed by atoms with Gasteiger partial charge in [-0.05, 0) is 67.8 Å². The molecular formula is C21H21BrN4O. The van der Waals surface area contributed by atoms with Gasteiger partial charge < -0.3 is 15.5 Å². The summed E-state index contributed by atoms with van der Waals surface area (Å²) in [5.41, 5.74) is 2.69. The average molecular weight is 425 g/mol. The van der Waals surface area contributed by atoms with Gasteiger partial charge in [0.2, 0.25) is 0 Å². The Hall–Kier alpha value is -2.78. The Balaban J connectivity index is 1.61. The van der Waals surface area contributed by atoms with Crippen molar-refractivity contribution in [1.29, 1.82) is 5.26 Å². The van der Waals surface area contributed by atoms with Crippen molar-refractivity contribution >= 4 is 38.9 Å². The molecule has 0 unspecified atom stereocenters. The van der Waals surface area contributed by atoms with Crippen LogP contribution >= 0.6 is 15.9 Å². The smallest absolute Gasteiger partial charge is 0.267 e. The second-order valence-corrected chi connectivity index (χ2v) is 7.29. The monoisotopic (exact) mass is 424 g/mol. The highest BCUT2D eigenvalue weighted by Crippen LogP contribution is 2.22. The van der Waals surface area contributed by atoms with Crippen molar-refractivity contribution in [1.82, 2.24) is 0 Å². The van der Waals surface area contributed by atoms with Crippen LogP contribution < -0.4 is 15.5 Å². The molecule has 138 valence electrons. The maximum absolute atomic E-state index is 12.3. The maximum Gasteiger partial charge on any atom is 0.267 e. The van der Waals surface area contributed by atoms with Crippen LogP contribution in [-0.2, 0) is 4.79 Å². The molecule has 3 rings (SSSR count). The fourth-order valence-corrected chi connectivity index (χ4v) is 3.22. The first kappa shape index (κ1) is 19.0. The summed E-state index contributed by atoms with van der Waals surface area (Å²) in [7, 11) is 0. The van der Waals surface area contributed by atoms with Crippen LogP contribution in [-0.4, -0.2) is 19.0 Å². The van der Waals surface area contributed by atoms with E-state index in [1.165, 1.54) is 31.1 Å². The number of hydrogen-bond acceptors (Lipinski definition) is 4. The number of halogens is 1. The third kappa shape index (κ3) is 5.35. The number of benzene rings is 2. The summed E-state index contributed by atoms with van der Waals surface area (Å²) in [5.74, 6) is -0.447. The van der Waals surface area contributed by atoms with Gasteiger partial charge in [0.15, 0.2) is 0 Å². The summed E-state index contributed by atoms with van der Waals surface area (Å²) in [5, 5.41) is 15.0. The number of rotatable bonds is 5. The minimum atomic E-state index is -0.447. The van der Waals surface area contributed by atoms with Crippen LogP contribution in [0.1, 0.15) is 19.3 Å². The summed E-state index contributed by atoms with van der Waals surface area (Å²) < 4.78 is 0.922. The lowest BCUT2D eigenvalue weighted by atomic mass is 10.1. The van der Waals surface area contributed by atoms with E-state index in [1.807, 2.05) is 30.3 Å². The summed E-state index contributed by atoms with van der Waals surface area (Å²) in [4.78, 5) is 14.6. The van der Waals surface area contributed by atoms with E-state index in [1.54, 1.807) is 12.1 Å². The van der Waals surface area contributed by atoms with Crippen LogP contribution in [0.4, 0.5) is 17.1 Å². The molecule has 0 aromatic heterocycles. The minimum Gasteiger partial charge on any atom is -0.372 e. The zero-order valence-corrected chi connectivity index (χ0v) is 16.5. The van der Waals surface area contributed by atoms with Gasteiger partial charge in [0.1, 0.15) is 11.6 Å². The van der Waals surface area contributed by atoms with E-state index in [-0.39, 0.29) is 5.57 Å². The van der Waals surface area contributed by atoms with Crippen molar-refractivity contribution < 1.29 is 4.79 Å². The summed E-state index contributed by atoms with van der Waals surface area (Å²) in [6.45, 7) is 2.20. The molecule has 0 bridgehead atoms. The molecule has 2 aromatic rings. The van der Waals surface area contributed by atoms with Crippen molar-refractivity contribution in [3.05, 3.63) is 64.8 Å². The first-order chi connectivity index (χ1) is 13.2. The lowest BCUT2D eigenvalue weighted by molar-refractivity contribution is -0.112. The molecule has 2 N–H and O–H groups in total. The van der Waals surface area contributed by atoms with Gasteiger partial charge in [0, 0.05) is 40.8 Å². The number of piperidine rings is 1. The predicted molar refractivity (Wildman–Crippen MR) is 113 cm³/mol. The van der Waals surface area contributed by atoms with Gasteiger partial charge >= 0.3 is 0 Å². The molecule has 6 heteroatoms. The van der Waals surface area contributed by atoms with E-state index in [4.69, 9.17) is 0 Å². The van der Waals surface area contributed by atoms with Crippen molar-refractivity contribution in [2.75, 3.05) is 28.6 Å². The molecule has 5 nitrogen and oxygen atoms in total. The van der Waals surface area contributed by atoms with E-state index in [2.05, 4.69) is 43.6 Å². The number of anilines is 3. The van der Waals surface area contributed by atoms with Gasteiger partial charge in [-0.1, -0.05) is 15.9 Å². The molecule has 1 saturated heterocycles. The third-order valence-corrected chi connectivity index (χ3v) is 4.97. The molecule has 1 heterocycles. The van der Waals surface area contributed by atoms with Gasteiger partial charge in [0.25, 0.3) is 5.91 Å². The van der Waals surface area contributed by atoms with Gasteiger partial charge in [-0.25, -0.2) is 0 Å². The Bertz CT molecular complexity index is 847. The molecule has 1 amide bonds. The highest BCUT2D eigenvalue weighted by Gasteiger charge is 2.11. The highest BCUT2D eigenvalue weighted by atomic mass is 79.9. The molecule has 1 aliphatic rings. The Morgan fingerprint density at radius 2 is 1.63 bits per heavy atom. The number of carbonyl (C=O) groups is 1. The number of amides is 1. The second-order valence-electron chi connectivity index (χ2n) is 6.37. The second kappa shape index (κ2) is 9.24. The van der Waals surface area contributed by atoms with Crippen LogP contribution in [0.25, 0.3) is 0 Å². The van der Waals surface area contributed by atoms with Gasteiger partial charge in [-0.15, -0.1) is 0 Å². The molecule has 0 saturated carbocycles. The lowest BCUT2D eigenvalue weighted by Crippen LogP contribution is -2.29. The van der Waals surface area contributed by atoms with Crippen molar-refractivity contribution in [3.8, 4) is 6.07 Å². The molecule has 0 radical (unpaired) electrons. The van der Waals surface area contributed by atoms with Gasteiger partial charge in [0.05, 0.1) is 0 Å². The van der Waals surface area contributed by atoms with Crippen LogP contribution in [0, 0.1) is 11.3 Å². The molecule has 0 spiro atoms. The standard InChI is InChI=1S/C21H21BrN4O/c22-17-4-6-19(7-5-17)25-21(27)16(14-23)15-24-18-8-10-20(11-9-18)26-12-2-1-3-13-26/h4-11,15,24H,1-3,12-13H2,(H,25,27)/b16-15-. The van der Waals surface area contributed by atoms with E-state index in [9.17, 15) is 10.1 Å². The molecule has 0 aliphatic carbocycles. The lowest BCUT2D eigenvalue weighted by Gasteiger charge is -2.28. The fraction of sp³-hybridized carbons (Fsp3) is 0.238. The molecule has 1 aliphatic heterocycles. The largest absolute Gasteiger partial charge is 0.372 e. The highest BCUT2D eigenvalue weighted by molar-refractivity contribution is 9.10. The number of hydrogen-bond donors (Lipinski definition) is 2. The van der Waals surface area contributed by atoms with Crippen molar-refractivity contribution in [2.45, 2.75) is 19.3 Å². The maximum atomic E-state index is 12.3. The summed E-state index contributed by atoms with van der Waals surface area (Å²) >= 11 is 3.35. The first-order valence-electron chi connectivity index (χ1n) is 8.94. The van der Waals surface area contributed by atoms with Crippen LogP contribution in [0.5, 0.6) is 0 Å². The number of nitriles is 1. The minimum absolute atomic E-state index is 0.0121. The predicted octanol–water partition coefficient (Wildman–Crippen LogP) is 4.90. The molecule has 0 atom stereocenters. The number of nitrogens with zero attached hydrogens (tertiary/aromatic N) is 2. The molecular weight excluding hydrogens is 404 g/mol. The zero-order valence-electron chi connectivity index (χ0n) is 14.9. The van der Waals surface area contributed by atoms with Crippen LogP contribution in [0.15, 0.2) is 64.8 Å². The topological polar surface area (TPSA) is 68.2 Å². The van der Waals surface area contributed by atoms with Crippen LogP contribution in [0.3, 0.4) is 0 Å². The number of carbonyl (C=O) groups excluding carboxylic acids is 1. The Morgan fingerprint density at radius 1 is 1.00 bits per heavy atom. The molecule has 27 heavy (non-hydrogen) atoms.